The molecular formula is C11H7N3O4. The zero-order valence-corrected chi connectivity index (χ0v) is 8.91. The van der Waals surface area contributed by atoms with E-state index in [1.807, 2.05) is 0 Å². The van der Waals surface area contributed by atoms with Gasteiger partial charge in [-0.2, -0.15) is 4.98 Å². The van der Waals surface area contributed by atoms with Crippen LogP contribution < -0.4 is 0 Å². The van der Waals surface area contributed by atoms with Crippen LogP contribution in [-0.4, -0.2) is 31.3 Å². The number of nitrogens with zero attached hydrogens (tertiary/aromatic N) is 2. The summed E-state index contributed by atoms with van der Waals surface area (Å²) in [7, 11) is 0. The Morgan fingerprint density at radius 1 is 1.33 bits per heavy atom. The van der Waals surface area contributed by atoms with Crippen molar-refractivity contribution in [1.29, 1.82) is 0 Å². The van der Waals surface area contributed by atoms with Crippen molar-refractivity contribution in [3.8, 4) is 17.3 Å². The Morgan fingerprint density at radius 3 is 2.89 bits per heavy atom. The number of hydrogen-bond acceptors (Lipinski definition) is 5. The zero-order chi connectivity index (χ0) is 12.7. The van der Waals surface area contributed by atoms with Crippen molar-refractivity contribution < 1.29 is 19.5 Å². The number of nitrogens with one attached hydrogen (secondary N) is 1. The van der Waals surface area contributed by atoms with Gasteiger partial charge >= 0.3 is 11.9 Å². The summed E-state index contributed by atoms with van der Waals surface area (Å²) < 4.78 is 4.57. The lowest BCUT2D eigenvalue weighted by molar-refractivity contribution is 0.0643. The number of phenolic OH excluding ortho intramolecular Hbond substituents is 1. The predicted molar refractivity (Wildman–Crippen MR) is 60.2 cm³/mol. The highest BCUT2D eigenvalue weighted by molar-refractivity contribution is 5.86. The predicted octanol–water partition coefficient (Wildman–Crippen LogP) is 1.62. The molecule has 0 aliphatic heterocycles. The average Bonchev–Trinajstić information content (AvgIpc) is 2.93. The van der Waals surface area contributed by atoms with Crippen LogP contribution in [0.1, 0.15) is 10.7 Å². The molecule has 0 atom stereocenters. The number of aromatic amines is 1. The number of aromatic nitrogens is 3. The lowest BCUT2D eigenvalue weighted by Crippen LogP contribution is -1.95. The summed E-state index contributed by atoms with van der Waals surface area (Å²) in [6.45, 7) is 0. The van der Waals surface area contributed by atoms with Crippen LogP contribution in [0, 0.1) is 0 Å². The molecule has 1 aromatic carbocycles. The molecule has 2 aromatic heterocycles. The number of rotatable bonds is 2. The van der Waals surface area contributed by atoms with Crippen LogP contribution in [0.5, 0.6) is 5.75 Å². The van der Waals surface area contributed by atoms with E-state index in [4.69, 9.17) is 5.11 Å². The number of carboxylic acid groups (broad SMARTS) is 1. The normalized spacial score (nSPS) is 10.9. The fourth-order valence-corrected chi connectivity index (χ4v) is 1.66. The van der Waals surface area contributed by atoms with Gasteiger partial charge in [0.05, 0.1) is 5.69 Å². The van der Waals surface area contributed by atoms with Crippen molar-refractivity contribution in [2.24, 2.45) is 0 Å². The third-order valence-electron chi connectivity index (χ3n) is 2.45. The summed E-state index contributed by atoms with van der Waals surface area (Å²) >= 11 is 0. The van der Waals surface area contributed by atoms with E-state index < -0.39 is 11.9 Å². The summed E-state index contributed by atoms with van der Waals surface area (Å²) in [5.41, 5.74) is 1.30. The van der Waals surface area contributed by atoms with Crippen LogP contribution >= 0.6 is 0 Å². The number of H-pyrrole nitrogens is 1. The van der Waals surface area contributed by atoms with E-state index in [0.29, 0.717) is 5.69 Å². The summed E-state index contributed by atoms with van der Waals surface area (Å²) in [5.74, 6) is -1.44. The lowest BCUT2D eigenvalue weighted by atomic mass is 10.2. The summed E-state index contributed by atoms with van der Waals surface area (Å²) in [6.07, 6.45) is 0. The van der Waals surface area contributed by atoms with E-state index in [1.54, 1.807) is 24.3 Å². The van der Waals surface area contributed by atoms with Gasteiger partial charge in [-0.3, -0.25) is 0 Å². The number of hydrogen-bond donors (Lipinski definition) is 3. The molecule has 0 bridgehead atoms. The highest BCUT2D eigenvalue weighted by Crippen LogP contribution is 2.24. The van der Waals surface area contributed by atoms with Gasteiger partial charge in [0.1, 0.15) is 5.75 Å². The quantitative estimate of drug-likeness (QED) is 0.632. The first-order valence-corrected chi connectivity index (χ1v) is 5.02. The first-order chi connectivity index (χ1) is 8.63. The van der Waals surface area contributed by atoms with E-state index in [-0.39, 0.29) is 11.6 Å². The van der Waals surface area contributed by atoms with Gasteiger partial charge in [-0.15, -0.1) is 0 Å². The molecular weight excluding hydrogens is 238 g/mol. The molecule has 3 N–H and O–H groups in total. The topological polar surface area (TPSA) is 112 Å². The van der Waals surface area contributed by atoms with Crippen molar-refractivity contribution in [3.63, 3.8) is 0 Å². The Bertz CT molecular complexity index is 744. The smallest absolute Gasteiger partial charge is 0.394 e. The molecule has 0 aliphatic rings. The number of phenols is 1. The van der Waals surface area contributed by atoms with Crippen LogP contribution in [0.2, 0.25) is 0 Å². The second-order valence-electron chi connectivity index (χ2n) is 3.68. The Hall–Kier alpha value is -2.83. The molecule has 18 heavy (non-hydrogen) atoms. The summed E-state index contributed by atoms with van der Waals surface area (Å²) in [6, 6.07) is 6.52. The monoisotopic (exact) mass is 245 g/mol. The molecule has 0 saturated heterocycles. The van der Waals surface area contributed by atoms with Crippen molar-refractivity contribution in [2.75, 3.05) is 0 Å². The minimum absolute atomic E-state index is 0.146. The number of benzene rings is 1. The maximum Gasteiger partial charge on any atom is 0.394 e. The van der Waals surface area contributed by atoms with Crippen LogP contribution in [0.3, 0.4) is 0 Å². The first-order valence-electron chi connectivity index (χ1n) is 5.02. The minimum Gasteiger partial charge on any atom is -0.508 e. The SMILES string of the molecule is O=C(O)c1nc(-c2cc3cc(O)ccc3[nH]2)no1. The van der Waals surface area contributed by atoms with Gasteiger partial charge < -0.3 is 19.7 Å². The Balaban J connectivity index is 2.10. The molecule has 0 aliphatic carbocycles. The number of carbonyl (C=O) groups is 1. The second-order valence-corrected chi connectivity index (χ2v) is 3.68. The maximum absolute atomic E-state index is 10.6. The lowest BCUT2D eigenvalue weighted by Gasteiger charge is -1.89. The van der Waals surface area contributed by atoms with Gasteiger partial charge in [-0.25, -0.2) is 4.79 Å². The highest BCUT2D eigenvalue weighted by Gasteiger charge is 2.15. The Morgan fingerprint density at radius 2 is 2.17 bits per heavy atom. The number of carboxylic acids is 1. The van der Waals surface area contributed by atoms with Gasteiger partial charge in [-0.1, -0.05) is 5.16 Å². The highest BCUT2D eigenvalue weighted by atomic mass is 16.5. The average molecular weight is 245 g/mol. The molecule has 0 radical (unpaired) electrons. The molecule has 0 saturated carbocycles. The Kier molecular flexibility index (Phi) is 2.06. The summed E-state index contributed by atoms with van der Waals surface area (Å²) in [4.78, 5) is 17.4. The van der Waals surface area contributed by atoms with E-state index >= 15 is 0 Å². The van der Waals surface area contributed by atoms with E-state index in [2.05, 4.69) is 19.6 Å². The Labute approximate surface area is 99.7 Å². The maximum atomic E-state index is 10.6. The van der Waals surface area contributed by atoms with Crippen LogP contribution in [0.25, 0.3) is 22.4 Å². The minimum atomic E-state index is -1.28. The molecule has 90 valence electrons. The molecule has 3 aromatic rings. The molecule has 0 amide bonds. The number of aromatic carboxylic acids is 1. The fraction of sp³-hybridized carbons (Fsp3) is 0. The first kappa shape index (κ1) is 10.3. The fourth-order valence-electron chi connectivity index (χ4n) is 1.66. The van der Waals surface area contributed by atoms with Crippen molar-refractivity contribution in [2.45, 2.75) is 0 Å². The standard InChI is InChI=1S/C11H7N3O4/c15-6-1-2-7-5(3-6)4-8(12-7)9-13-10(11(16)17)18-14-9/h1-4,12,15H,(H,16,17). The molecule has 0 unspecified atom stereocenters. The largest absolute Gasteiger partial charge is 0.508 e. The number of aromatic hydroxyl groups is 1. The molecule has 7 nitrogen and oxygen atoms in total. The molecule has 3 rings (SSSR count). The summed E-state index contributed by atoms with van der Waals surface area (Å²) in [5, 5.41) is 22.4. The van der Waals surface area contributed by atoms with Crippen LogP contribution in [-0.2, 0) is 0 Å². The van der Waals surface area contributed by atoms with Crippen LogP contribution in [0.15, 0.2) is 28.8 Å². The van der Waals surface area contributed by atoms with Gasteiger partial charge in [0.25, 0.3) is 0 Å². The third-order valence-corrected chi connectivity index (χ3v) is 2.45. The molecule has 7 heteroatoms. The van der Waals surface area contributed by atoms with Gasteiger partial charge in [-0.05, 0) is 24.3 Å². The molecule has 0 spiro atoms. The molecule has 0 fully saturated rings. The number of fused-ring (bicyclic) bond motifs is 1. The van der Waals surface area contributed by atoms with E-state index in [1.165, 1.54) is 0 Å². The van der Waals surface area contributed by atoms with Gasteiger partial charge in [0.15, 0.2) is 0 Å². The van der Waals surface area contributed by atoms with Crippen molar-refractivity contribution >= 4 is 16.9 Å². The van der Waals surface area contributed by atoms with E-state index in [9.17, 15) is 9.90 Å². The second kappa shape index (κ2) is 3.59. The van der Waals surface area contributed by atoms with Crippen molar-refractivity contribution in [3.05, 3.63) is 30.2 Å². The van der Waals surface area contributed by atoms with Gasteiger partial charge in [0.2, 0.25) is 5.82 Å². The van der Waals surface area contributed by atoms with Gasteiger partial charge in [0, 0.05) is 10.9 Å². The molecule has 2 heterocycles. The zero-order valence-electron chi connectivity index (χ0n) is 8.91. The van der Waals surface area contributed by atoms with Crippen LogP contribution in [0.4, 0.5) is 0 Å². The van der Waals surface area contributed by atoms with E-state index in [0.717, 1.165) is 10.9 Å². The van der Waals surface area contributed by atoms with Crippen molar-refractivity contribution in [1.82, 2.24) is 15.1 Å². The third kappa shape index (κ3) is 1.58.